The number of hydrogen-bond donors (Lipinski definition) is 2. The molecule has 82 valence electrons. The Labute approximate surface area is 94.1 Å². The summed E-state index contributed by atoms with van der Waals surface area (Å²) in [6.45, 7) is 0.742. The molecule has 1 aliphatic carbocycles. The third kappa shape index (κ3) is 1.78. The maximum atomic E-state index is 4.61. The van der Waals surface area contributed by atoms with E-state index in [1.54, 1.807) is 6.33 Å². The number of H-pyrrole nitrogens is 1. The molecule has 0 aromatic carbocycles. The van der Waals surface area contributed by atoms with Crippen LogP contribution in [0.25, 0.3) is 0 Å². The Hall–Kier alpha value is -1.84. The predicted molar refractivity (Wildman–Crippen MR) is 62.2 cm³/mol. The molecule has 0 amide bonds. The maximum Gasteiger partial charge on any atom is 0.126 e. The summed E-state index contributed by atoms with van der Waals surface area (Å²) in [4.78, 5) is 11.6. The van der Waals surface area contributed by atoms with Gasteiger partial charge >= 0.3 is 0 Å². The molecule has 2 aromatic heterocycles. The minimum Gasteiger partial charge on any atom is -0.364 e. The second-order valence-corrected chi connectivity index (χ2v) is 4.09. The molecule has 16 heavy (non-hydrogen) atoms. The minimum absolute atomic E-state index is 0.742. The first-order chi connectivity index (χ1) is 7.92. The largest absolute Gasteiger partial charge is 0.364 e. The smallest absolute Gasteiger partial charge is 0.126 e. The van der Waals surface area contributed by atoms with Gasteiger partial charge in [0.15, 0.2) is 0 Å². The zero-order valence-corrected chi connectivity index (χ0v) is 9.03. The summed E-state index contributed by atoms with van der Waals surface area (Å²) in [7, 11) is 0. The minimum atomic E-state index is 0.742. The van der Waals surface area contributed by atoms with Crippen molar-refractivity contribution in [3.8, 4) is 0 Å². The van der Waals surface area contributed by atoms with Gasteiger partial charge in [-0.2, -0.15) is 0 Å². The standard InChI is InChI=1S/C12H14N4/c1-2-9-4-5-12(16-11(9)3-1)14-7-10-6-13-8-15-10/h4-6,8H,1-3,7H2,(H,13,15)(H,14,16). The Morgan fingerprint density at radius 1 is 1.31 bits per heavy atom. The normalized spacial score (nSPS) is 13.8. The zero-order chi connectivity index (χ0) is 10.8. The quantitative estimate of drug-likeness (QED) is 0.820. The summed E-state index contributed by atoms with van der Waals surface area (Å²) in [5, 5.41) is 3.29. The van der Waals surface area contributed by atoms with E-state index in [9.17, 15) is 0 Å². The first-order valence-corrected chi connectivity index (χ1v) is 5.62. The lowest BCUT2D eigenvalue weighted by Crippen LogP contribution is -2.03. The third-order valence-corrected chi connectivity index (χ3v) is 2.94. The van der Waals surface area contributed by atoms with Gasteiger partial charge in [0.25, 0.3) is 0 Å². The van der Waals surface area contributed by atoms with Crippen molar-refractivity contribution in [1.82, 2.24) is 15.0 Å². The van der Waals surface area contributed by atoms with Crippen LogP contribution in [0.5, 0.6) is 0 Å². The van der Waals surface area contributed by atoms with Gasteiger partial charge in [0.05, 0.1) is 18.6 Å². The molecule has 4 nitrogen and oxygen atoms in total. The van der Waals surface area contributed by atoms with Crippen molar-refractivity contribution < 1.29 is 0 Å². The van der Waals surface area contributed by atoms with Crippen molar-refractivity contribution >= 4 is 5.82 Å². The van der Waals surface area contributed by atoms with Gasteiger partial charge in [0.2, 0.25) is 0 Å². The average molecular weight is 214 g/mol. The highest BCUT2D eigenvalue weighted by Gasteiger charge is 2.12. The lowest BCUT2D eigenvalue weighted by molar-refractivity contribution is 0.898. The molecular weight excluding hydrogens is 200 g/mol. The number of anilines is 1. The number of rotatable bonds is 3. The molecule has 0 unspecified atom stereocenters. The lowest BCUT2D eigenvalue weighted by Gasteiger charge is -2.06. The van der Waals surface area contributed by atoms with Crippen LogP contribution in [0.3, 0.4) is 0 Å². The maximum absolute atomic E-state index is 4.61. The molecule has 3 rings (SSSR count). The number of imidazole rings is 1. The fraction of sp³-hybridized carbons (Fsp3) is 0.333. The van der Waals surface area contributed by atoms with Gasteiger partial charge in [-0.25, -0.2) is 9.97 Å². The number of nitrogens with zero attached hydrogens (tertiary/aromatic N) is 2. The molecule has 0 bridgehead atoms. The topological polar surface area (TPSA) is 53.6 Å². The third-order valence-electron chi connectivity index (χ3n) is 2.94. The van der Waals surface area contributed by atoms with Crippen LogP contribution in [0, 0.1) is 0 Å². The number of aryl methyl sites for hydroxylation is 2. The predicted octanol–water partition coefficient (Wildman–Crippen LogP) is 1.91. The molecule has 0 atom stereocenters. The van der Waals surface area contributed by atoms with Gasteiger partial charge in [-0.15, -0.1) is 0 Å². The highest BCUT2D eigenvalue weighted by atomic mass is 15.0. The van der Waals surface area contributed by atoms with E-state index in [1.807, 2.05) is 6.20 Å². The van der Waals surface area contributed by atoms with Crippen molar-refractivity contribution in [2.24, 2.45) is 0 Å². The van der Waals surface area contributed by atoms with E-state index < -0.39 is 0 Å². The van der Waals surface area contributed by atoms with Crippen LogP contribution >= 0.6 is 0 Å². The second kappa shape index (κ2) is 3.96. The first-order valence-electron chi connectivity index (χ1n) is 5.62. The van der Waals surface area contributed by atoms with E-state index in [1.165, 1.54) is 24.1 Å². The summed E-state index contributed by atoms with van der Waals surface area (Å²) in [6.07, 6.45) is 7.05. The second-order valence-electron chi connectivity index (χ2n) is 4.09. The first kappa shape index (κ1) is 9.39. The molecule has 0 aliphatic heterocycles. The van der Waals surface area contributed by atoms with E-state index in [0.717, 1.165) is 24.5 Å². The number of fused-ring (bicyclic) bond motifs is 1. The van der Waals surface area contributed by atoms with Crippen molar-refractivity contribution in [1.29, 1.82) is 0 Å². The molecule has 0 fully saturated rings. The van der Waals surface area contributed by atoms with E-state index in [4.69, 9.17) is 0 Å². The number of pyridine rings is 1. The summed E-state index contributed by atoms with van der Waals surface area (Å²) in [5.41, 5.74) is 3.74. The summed E-state index contributed by atoms with van der Waals surface area (Å²) in [6, 6.07) is 4.24. The number of aromatic amines is 1. The van der Waals surface area contributed by atoms with Gasteiger partial charge in [0, 0.05) is 11.9 Å². The van der Waals surface area contributed by atoms with E-state index >= 15 is 0 Å². The summed E-state index contributed by atoms with van der Waals surface area (Å²) >= 11 is 0. The average Bonchev–Trinajstić information content (AvgIpc) is 2.97. The van der Waals surface area contributed by atoms with Gasteiger partial charge in [-0.05, 0) is 30.9 Å². The Balaban J connectivity index is 1.71. The molecule has 1 aliphatic rings. The van der Waals surface area contributed by atoms with Gasteiger partial charge in [-0.3, -0.25) is 0 Å². The molecule has 0 radical (unpaired) electrons. The Bertz CT molecular complexity index is 476. The highest BCUT2D eigenvalue weighted by Crippen LogP contribution is 2.21. The summed E-state index contributed by atoms with van der Waals surface area (Å²) in [5.74, 6) is 0.954. The fourth-order valence-electron chi connectivity index (χ4n) is 2.09. The fourth-order valence-corrected chi connectivity index (χ4v) is 2.09. The summed E-state index contributed by atoms with van der Waals surface area (Å²) < 4.78 is 0. The highest BCUT2D eigenvalue weighted by molar-refractivity contribution is 5.40. The Morgan fingerprint density at radius 3 is 3.19 bits per heavy atom. The Kier molecular flexibility index (Phi) is 2.33. The van der Waals surface area contributed by atoms with E-state index in [0.29, 0.717) is 0 Å². The molecule has 0 spiro atoms. The molecule has 2 heterocycles. The van der Waals surface area contributed by atoms with E-state index in [-0.39, 0.29) is 0 Å². The van der Waals surface area contributed by atoms with Gasteiger partial charge in [0.1, 0.15) is 5.82 Å². The van der Waals surface area contributed by atoms with Crippen LogP contribution in [0.1, 0.15) is 23.4 Å². The van der Waals surface area contributed by atoms with Crippen LogP contribution < -0.4 is 5.32 Å². The van der Waals surface area contributed by atoms with Crippen molar-refractivity contribution in [3.05, 3.63) is 41.6 Å². The van der Waals surface area contributed by atoms with Crippen LogP contribution in [0.4, 0.5) is 5.82 Å². The van der Waals surface area contributed by atoms with Gasteiger partial charge < -0.3 is 10.3 Å². The molecule has 0 saturated heterocycles. The molecule has 4 heteroatoms. The monoisotopic (exact) mass is 214 g/mol. The van der Waals surface area contributed by atoms with E-state index in [2.05, 4.69) is 32.4 Å². The number of hydrogen-bond acceptors (Lipinski definition) is 3. The van der Waals surface area contributed by atoms with Crippen molar-refractivity contribution in [3.63, 3.8) is 0 Å². The Morgan fingerprint density at radius 2 is 2.31 bits per heavy atom. The van der Waals surface area contributed by atoms with Crippen LogP contribution in [-0.2, 0) is 19.4 Å². The zero-order valence-electron chi connectivity index (χ0n) is 9.03. The van der Waals surface area contributed by atoms with Gasteiger partial charge in [-0.1, -0.05) is 6.07 Å². The molecule has 2 N–H and O–H groups in total. The lowest BCUT2D eigenvalue weighted by atomic mass is 10.2. The SMILES string of the molecule is c1ncc(CNc2ccc3c(n2)CCC3)[nH]1. The van der Waals surface area contributed by atoms with Crippen LogP contribution in [0.2, 0.25) is 0 Å². The molecular formula is C12H14N4. The van der Waals surface area contributed by atoms with Crippen molar-refractivity contribution in [2.75, 3.05) is 5.32 Å². The molecule has 0 saturated carbocycles. The van der Waals surface area contributed by atoms with Crippen LogP contribution in [-0.4, -0.2) is 15.0 Å². The number of aromatic nitrogens is 3. The number of nitrogens with one attached hydrogen (secondary N) is 2. The molecule has 2 aromatic rings. The van der Waals surface area contributed by atoms with Crippen LogP contribution in [0.15, 0.2) is 24.7 Å². The van der Waals surface area contributed by atoms with Crippen molar-refractivity contribution in [2.45, 2.75) is 25.8 Å².